The predicted octanol–water partition coefficient (Wildman–Crippen LogP) is 8.37. The third-order valence-electron chi connectivity index (χ3n) is 6.64. The fourth-order valence-electron chi connectivity index (χ4n) is 5.36. The lowest BCUT2D eigenvalue weighted by Crippen LogP contribution is -2.28. The minimum atomic E-state index is -0.400. The summed E-state index contributed by atoms with van der Waals surface area (Å²) < 4.78 is 0. The summed E-state index contributed by atoms with van der Waals surface area (Å²) in [5.74, 6) is 0. The van der Waals surface area contributed by atoms with Gasteiger partial charge < -0.3 is 0 Å². The lowest BCUT2D eigenvalue weighted by Gasteiger charge is -2.34. The molecule has 0 aliphatic heterocycles. The molecular formula is C31H21Cl. The van der Waals surface area contributed by atoms with E-state index in [2.05, 4.69) is 115 Å². The van der Waals surface area contributed by atoms with Gasteiger partial charge in [-0.3, -0.25) is 0 Å². The van der Waals surface area contributed by atoms with Crippen LogP contribution in [0.3, 0.4) is 0 Å². The molecule has 1 unspecified atom stereocenters. The molecule has 5 aromatic rings. The molecule has 6 rings (SSSR count). The number of rotatable bonds is 3. The number of hydrogen-bond acceptors (Lipinski definition) is 0. The van der Waals surface area contributed by atoms with Crippen molar-refractivity contribution in [3.05, 3.63) is 155 Å². The monoisotopic (exact) mass is 428 g/mol. The lowest BCUT2D eigenvalue weighted by molar-refractivity contribution is 0.768. The van der Waals surface area contributed by atoms with Gasteiger partial charge >= 0.3 is 0 Å². The van der Waals surface area contributed by atoms with Crippen LogP contribution >= 0.6 is 11.6 Å². The summed E-state index contributed by atoms with van der Waals surface area (Å²) in [5.41, 5.74) is 9.82. The summed E-state index contributed by atoms with van der Waals surface area (Å²) in [6.07, 6.45) is 0. The standard InChI is InChI=1S/C31H21Cl/c32-25-20-18-24(19-21-25)31(23-12-5-2-6-13-23)28-16-8-7-14-27(28)30-26(15-9-17-29(30)31)22-10-3-1-4-11-22/h1-21H. The average molecular weight is 429 g/mol. The zero-order valence-electron chi connectivity index (χ0n) is 17.5. The van der Waals surface area contributed by atoms with Crippen LogP contribution < -0.4 is 0 Å². The van der Waals surface area contributed by atoms with E-state index in [1.807, 2.05) is 12.1 Å². The highest BCUT2D eigenvalue weighted by atomic mass is 35.5. The van der Waals surface area contributed by atoms with Crippen LogP contribution in [0.4, 0.5) is 0 Å². The first kappa shape index (κ1) is 19.1. The molecule has 0 saturated heterocycles. The van der Waals surface area contributed by atoms with Crippen LogP contribution in [0.25, 0.3) is 22.3 Å². The molecule has 0 fully saturated rings. The Hall–Kier alpha value is -3.61. The van der Waals surface area contributed by atoms with Gasteiger partial charge in [0.1, 0.15) is 0 Å². The van der Waals surface area contributed by atoms with Gasteiger partial charge in [0.25, 0.3) is 0 Å². The highest BCUT2D eigenvalue weighted by Gasteiger charge is 2.46. The quantitative estimate of drug-likeness (QED) is 0.265. The maximum absolute atomic E-state index is 6.32. The van der Waals surface area contributed by atoms with E-state index in [0.717, 1.165) is 5.02 Å². The van der Waals surface area contributed by atoms with Gasteiger partial charge in [-0.15, -0.1) is 0 Å². The van der Waals surface area contributed by atoms with E-state index in [1.54, 1.807) is 0 Å². The molecule has 0 spiro atoms. The molecule has 0 aromatic heterocycles. The summed E-state index contributed by atoms with van der Waals surface area (Å²) in [5, 5.41) is 0.751. The maximum Gasteiger partial charge on any atom is 0.0713 e. The molecule has 1 atom stereocenters. The second-order valence-electron chi connectivity index (χ2n) is 8.26. The Bertz CT molecular complexity index is 1400. The van der Waals surface area contributed by atoms with Gasteiger partial charge in [-0.05, 0) is 56.6 Å². The number of benzene rings is 5. The Morgan fingerprint density at radius 3 is 1.75 bits per heavy atom. The zero-order valence-corrected chi connectivity index (χ0v) is 18.3. The van der Waals surface area contributed by atoms with Gasteiger partial charge in [0.05, 0.1) is 5.41 Å². The Morgan fingerprint density at radius 1 is 0.438 bits per heavy atom. The molecule has 0 heterocycles. The van der Waals surface area contributed by atoms with Crippen molar-refractivity contribution in [1.82, 2.24) is 0 Å². The molecule has 1 aliphatic carbocycles. The van der Waals surface area contributed by atoms with Crippen LogP contribution in [0, 0.1) is 0 Å². The number of hydrogen-bond donors (Lipinski definition) is 0. The van der Waals surface area contributed by atoms with E-state index in [9.17, 15) is 0 Å². The molecule has 0 radical (unpaired) electrons. The largest absolute Gasteiger partial charge is 0.0843 e. The SMILES string of the molecule is Clc1ccc(C2(c3ccccc3)c3ccccc3-c3c(-c4ccccc4)cccc32)cc1. The van der Waals surface area contributed by atoms with Crippen molar-refractivity contribution in [3.63, 3.8) is 0 Å². The van der Waals surface area contributed by atoms with Crippen molar-refractivity contribution in [1.29, 1.82) is 0 Å². The van der Waals surface area contributed by atoms with E-state index in [-0.39, 0.29) is 0 Å². The molecular weight excluding hydrogens is 408 g/mol. The van der Waals surface area contributed by atoms with E-state index in [1.165, 1.54) is 44.5 Å². The van der Waals surface area contributed by atoms with E-state index < -0.39 is 5.41 Å². The van der Waals surface area contributed by atoms with Crippen LogP contribution in [-0.4, -0.2) is 0 Å². The highest BCUT2D eigenvalue weighted by Crippen LogP contribution is 2.58. The fraction of sp³-hybridized carbons (Fsp3) is 0.0323. The van der Waals surface area contributed by atoms with Crippen molar-refractivity contribution in [3.8, 4) is 22.3 Å². The van der Waals surface area contributed by atoms with Crippen molar-refractivity contribution < 1.29 is 0 Å². The van der Waals surface area contributed by atoms with E-state index in [0.29, 0.717) is 0 Å². The van der Waals surface area contributed by atoms with Crippen molar-refractivity contribution >= 4 is 11.6 Å². The van der Waals surface area contributed by atoms with Gasteiger partial charge in [0.15, 0.2) is 0 Å². The third kappa shape index (κ3) is 2.70. The summed E-state index contributed by atoms with van der Waals surface area (Å²) in [6.45, 7) is 0. The maximum atomic E-state index is 6.32. The van der Waals surface area contributed by atoms with Crippen molar-refractivity contribution in [2.75, 3.05) is 0 Å². The van der Waals surface area contributed by atoms with Gasteiger partial charge in [-0.25, -0.2) is 0 Å². The summed E-state index contributed by atoms with van der Waals surface area (Å²) >= 11 is 6.32. The zero-order chi connectivity index (χ0) is 21.5. The first-order valence-corrected chi connectivity index (χ1v) is 11.3. The Kier molecular flexibility index (Phi) is 4.48. The third-order valence-corrected chi connectivity index (χ3v) is 6.89. The van der Waals surface area contributed by atoms with Crippen LogP contribution in [-0.2, 0) is 5.41 Å². The Morgan fingerprint density at radius 2 is 1.00 bits per heavy atom. The molecule has 1 aliphatic rings. The van der Waals surface area contributed by atoms with E-state index in [4.69, 9.17) is 11.6 Å². The number of fused-ring (bicyclic) bond motifs is 3. The average Bonchev–Trinajstić information content (AvgIpc) is 3.17. The minimum absolute atomic E-state index is 0.400. The lowest BCUT2D eigenvalue weighted by atomic mass is 9.67. The van der Waals surface area contributed by atoms with Gasteiger partial charge in [0.2, 0.25) is 0 Å². The highest BCUT2D eigenvalue weighted by molar-refractivity contribution is 6.30. The fourth-order valence-corrected chi connectivity index (χ4v) is 5.49. The van der Waals surface area contributed by atoms with Gasteiger partial charge in [-0.2, -0.15) is 0 Å². The van der Waals surface area contributed by atoms with Crippen LogP contribution in [0.5, 0.6) is 0 Å². The molecule has 0 bridgehead atoms. The van der Waals surface area contributed by atoms with E-state index >= 15 is 0 Å². The van der Waals surface area contributed by atoms with Crippen molar-refractivity contribution in [2.24, 2.45) is 0 Å². The predicted molar refractivity (Wildman–Crippen MR) is 134 cm³/mol. The van der Waals surface area contributed by atoms with Crippen LogP contribution in [0.15, 0.2) is 127 Å². The molecule has 0 N–H and O–H groups in total. The summed E-state index contributed by atoms with van der Waals surface area (Å²) in [7, 11) is 0. The van der Waals surface area contributed by atoms with Crippen molar-refractivity contribution in [2.45, 2.75) is 5.41 Å². The molecule has 32 heavy (non-hydrogen) atoms. The van der Waals surface area contributed by atoms with Gasteiger partial charge in [0, 0.05) is 5.02 Å². The summed E-state index contributed by atoms with van der Waals surface area (Å²) in [6, 6.07) is 45.5. The second kappa shape index (κ2) is 7.51. The molecule has 0 nitrogen and oxygen atoms in total. The van der Waals surface area contributed by atoms with Crippen LogP contribution in [0.2, 0.25) is 5.02 Å². The molecule has 1 heteroatoms. The number of halogens is 1. The summed E-state index contributed by atoms with van der Waals surface area (Å²) in [4.78, 5) is 0. The Labute approximate surface area is 193 Å². The minimum Gasteiger partial charge on any atom is -0.0843 e. The second-order valence-corrected chi connectivity index (χ2v) is 8.70. The van der Waals surface area contributed by atoms with Gasteiger partial charge in [-0.1, -0.05) is 127 Å². The smallest absolute Gasteiger partial charge is 0.0713 e. The normalized spacial score (nSPS) is 16.4. The molecule has 5 aromatic carbocycles. The van der Waals surface area contributed by atoms with Crippen LogP contribution in [0.1, 0.15) is 22.3 Å². The Balaban J connectivity index is 1.78. The molecule has 0 saturated carbocycles. The molecule has 0 amide bonds. The first-order valence-electron chi connectivity index (χ1n) is 10.9. The topological polar surface area (TPSA) is 0 Å². The molecule has 152 valence electrons. The first-order chi connectivity index (χ1) is 15.8.